The Kier molecular flexibility index (Phi) is 6.30. The summed E-state index contributed by atoms with van der Waals surface area (Å²) in [6.07, 6.45) is -0.422. The van der Waals surface area contributed by atoms with E-state index >= 15 is 0 Å². The third-order valence-corrected chi connectivity index (χ3v) is 4.90. The van der Waals surface area contributed by atoms with Gasteiger partial charge in [0.25, 0.3) is 0 Å². The van der Waals surface area contributed by atoms with Crippen molar-refractivity contribution in [1.82, 2.24) is 0 Å². The van der Waals surface area contributed by atoms with Crippen LogP contribution >= 0.6 is 0 Å². The fourth-order valence-electron chi connectivity index (χ4n) is 3.80. The van der Waals surface area contributed by atoms with Crippen molar-refractivity contribution in [2.75, 3.05) is 25.2 Å². The van der Waals surface area contributed by atoms with Crippen LogP contribution in [0.5, 0.6) is 0 Å². The van der Waals surface area contributed by atoms with E-state index in [0.717, 1.165) is 0 Å². The highest BCUT2D eigenvalue weighted by Crippen LogP contribution is 2.48. The van der Waals surface area contributed by atoms with Crippen molar-refractivity contribution in [3.63, 3.8) is 0 Å². The van der Waals surface area contributed by atoms with Gasteiger partial charge in [-0.1, -0.05) is 18.2 Å². The highest BCUT2D eigenvalue weighted by atomic mass is 16.6. The molecule has 7 nitrogen and oxygen atoms in total. The number of fused-ring (bicyclic) bond motifs is 1. The molecule has 0 aromatic heterocycles. The Balaban J connectivity index is 2.58. The number of esters is 2. The van der Waals surface area contributed by atoms with E-state index in [1.807, 2.05) is 0 Å². The minimum absolute atomic E-state index is 0.0283. The van der Waals surface area contributed by atoms with E-state index in [2.05, 4.69) is 0 Å². The lowest BCUT2D eigenvalue weighted by Gasteiger charge is -2.34. The molecule has 0 radical (unpaired) electrons. The maximum absolute atomic E-state index is 13.2. The van der Waals surface area contributed by atoms with Gasteiger partial charge in [-0.25, -0.2) is 4.79 Å². The lowest BCUT2D eigenvalue weighted by molar-refractivity contribution is -0.156. The van der Waals surface area contributed by atoms with Crippen molar-refractivity contribution in [3.05, 3.63) is 29.8 Å². The van der Waals surface area contributed by atoms with Gasteiger partial charge in [0.05, 0.1) is 24.8 Å². The number of benzene rings is 1. The Labute approximate surface area is 172 Å². The first-order chi connectivity index (χ1) is 13.4. The van der Waals surface area contributed by atoms with Gasteiger partial charge in [0, 0.05) is 6.54 Å². The SMILES string of the molecule is CCOC(=O)C1(CC(C)(C)C(=O)OC)CN(C(=O)OC(C)(C)C)c2ccccc21. The van der Waals surface area contributed by atoms with Gasteiger partial charge >= 0.3 is 18.0 Å². The summed E-state index contributed by atoms with van der Waals surface area (Å²) in [6.45, 7) is 10.7. The molecule has 2 rings (SSSR count). The first-order valence-electron chi connectivity index (χ1n) is 9.73. The summed E-state index contributed by atoms with van der Waals surface area (Å²) in [4.78, 5) is 40.0. The Hall–Kier alpha value is -2.57. The van der Waals surface area contributed by atoms with E-state index in [1.54, 1.807) is 65.8 Å². The molecule has 1 atom stereocenters. The first kappa shape index (κ1) is 22.7. The molecule has 1 amide bonds. The average Bonchev–Trinajstić information content (AvgIpc) is 2.95. The topological polar surface area (TPSA) is 82.1 Å². The molecule has 0 spiro atoms. The zero-order chi connectivity index (χ0) is 22.0. The predicted octanol–water partition coefficient (Wildman–Crippen LogP) is 3.83. The molecule has 0 saturated carbocycles. The molecule has 160 valence electrons. The second-order valence-electron chi connectivity index (χ2n) is 8.94. The average molecular weight is 405 g/mol. The second-order valence-corrected chi connectivity index (χ2v) is 8.94. The highest BCUT2D eigenvalue weighted by molar-refractivity contribution is 5.98. The van der Waals surface area contributed by atoms with E-state index in [-0.39, 0.29) is 19.6 Å². The number of rotatable bonds is 5. The van der Waals surface area contributed by atoms with E-state index in [0.29, 0.717) is 11.3 Å². The molecule has 0 aliphatic carbocycles. The van der Waals surface area contributed by atoms with Crippen molar-refractivity contribution in [1.29, 1.82) is 0 Å². The molecule has 1 aromatic carbocycles. The Morgan fingerprint density at radius 3 is 2.28 bits per heavy atom. The molecule has 1 aliphatic rings. The molecular formula is C22H31NO6. The summed E-state index contributed by atoms with van der Waals surface area (Å²) >= 11 is 0. The standard InChI is InChI=1S/C22H31NO6/c1-8-28-18(25)22(13-21(5,6)17(24)27-7)14-23(19(26)29-20(2,3)4)16-12-10-9-11-15(16)22/h9-12H,8,13-14H2,1-7H3. The van der Waals surface area contributed by atoms with Crippen molar-refractivity contribution in [3.8, 4) is 0 Å². The van der Waals surface area contributed by atoms with E-state index in [1.165, 1.54) is 12.0 Å². The van der Waals surface area contributed by atoms with E-state index < -0.39 is 34.5 Å². The van der Waals surface area contributed by atoms with Gasteiger partial charge in [0.2, 0.25) is 0 Å². The summed E-state index contributed by atoms with van der Waals surface area (Å²) in [7, 11) is 1.32. The maximum atomic E-state index is 13.2. The van der Waals surface area contributed by atoms with Crippen LogP contribution in [0, 0.1) is 5.41 Å². The molecular weight excluding hydrogens is 374 g/mol. The zero-order valence-corrected chi connectivity index (χ0v) is 18.3. The number of amides is 1. The number of ether oxygens (including phenoxy) is 3. The summed E-state index contributed by atoms with van der Waals surface area (Å²) in [5, 5.41) is 0. The monoisotopic (exact) mass is 405 g/mol. The van der Waals surface area contributed by atoms with Crippen LogP contribution in [0.4, 0.5) is 10.5 Å². The first-order valence-corrected chi connectivity index (χ1v) is 9.73. The smallest absolute Gasteiger partial charge is 0.414 e. The van der Waals surface area contributed by atoms with Crippen LogP contribution < -0.4 is 4.90 Å². The summed E-state index contributed by atoms with van der Waals surface area (Å²) in [6, 6.07) is 7.16. The molecule has 1 aliphatic heterocycles. The number of para-hydroxylation sites is 1. The lowest BCUT2D eigenvalue weighted by Crippen LogP contribution is -2.48. The minimum Gasteiger partial charge on any atom is -0.469 e. The minimum atomic E-state index is -1.21. The number of carbonyl (C=O) groups is 3. The quantitative estimate of drug-likeness (QED) is 0.547. The van der Waals surface area contributed by atoms with Crippen molar-refractivity contribution < 1.29 is 28.6 Å². The molecule has 1 unspecified atom stereocenters. The number of anilines is 1. The van der Waals surface area contributed by atoms with Crippen molar-refractivity contribution >= 4 is 23.7 Å². The molecule has 1 heterocycles. The largest absolute Gasteiger partial charge is 0.469 e. The number of carbonyl (C=O) groups excluding carboxylic acids is 3. The number of nitrogens with zero attached hydrogens (tertiary/aromatic N) is 1. The molecule has 0 N–H and O–H groups in total. The summed E-state index contributed by atoms with van der Waals surface area (Å²) < 4.78 is 15.9. The van der Waals surface area contributed by atoms with Crippen LogP contribution in [0.15, 0.2) is 24.3 Å². The van der Waals surface area contributed by atoms with Crippen LogP contribution in [0.2, 0.25) is 0 Å². The van der Waals surface area contributed by atoms with Gasteiger partial charge in [-0.15, -0.1) is 0 Å². The lowest BCUT2D eigenvalue weighted by atomic mass is 9.70. The van der Waals surface area contributed by atoms with Gasteiger partial charge in [-0.3, -0.25) is 14.5 Å². The zero-order valence-electron chi connectivity index (χ0n) is 18.3. The molecule has 0 saturated heterocycles. The third-order valence-electron chi connectivity index (χ3n) is 4.90. The van der Waals surface area contributed by atoms with Gasteiger partial charge < -0.3 is 14.2 Å². The van der Waals surface area contributed by atoms with Gasteiger partial charge in [0.15, 0.2) is 0 Å². The maximum Gasteiger partial charge on any atom is 0.414 e. The molecule has 29 heavy (non-hydrogen) atoms. The molecule has 7 heteroatoms. The molecule has 0 fully saturated rings. The van der Waals surface area contributed by atoms with Gasteiger partial charge in [0.1, 0.15) is 11.0 Å². The van der Waals surface area contributed by atoms with Crippen LogP contribution in [0.3, 0.4) is 0 Å². The normalized spacial score (nSPS) is 18.8. The number of hydrogen-bond acceptors (Lipinski definition) is 6. The summed E-state index contributed by atoms with van der Waals surface area (Å²) in [5.41, 5.74) is -1.65. The van der Waals surface area contributed by atoms with Crippen molar-refractivity contribution in [2.45, 2.75) is 59.0 Å². The Morgan fingerprint density at radius 2 is 1.72 bits per heavy atom. The predicted molar refractivity (Wildman–Crippen MR) is 109 cm³/mol. The Bertz CT molecular complexity index is 795. The number of methoxy groups -OCH3 is 1. The highest BCUT2D eigenvalue weighted by Gasteiger charge is 2.55. The van der Waals surface area contributed by atoms with Crippen LogP contribution in [-0.2, 0) is 29.2 Å². The van der Waals surface area contributed by atoms with Crippen molar-refractivity contribution in [2.24, 2.45) is 5.41 Å². The van der Waals surface area contributed by atoms with E-state index in [9.17, 15) is 14.4 Å². The Morgan fingerprint density at radius 1 is 1.10 bits per heavy atom. The van der Waals surface area contributed by atoms with Crippen LogP contribution in [0.25, 0.3) is 0 Å². The molecule has 1 aromatic rings. The molecule has 0 bridgehead atoms. The third kappa shape index (κ3) is 4.54. The van der Waals surface area contributed by atoms with Gasteiger partial charge in [-0.2, -0.15) is 0 Å². The fourth-order valence-corrected chi connectivity index (χ4v) is 3.80. The number of hydrogen-bond donors (Lipinski definition) is 0. The second kappa shape index (κ2) is 8.05. The van der Waals surface area contributed by atoms with E-state index in [4.69, 9.17) is 14.2 Å². The van der Waals surface area contributed by atoms with Crippen LogP contribution in [0.1, 0.15) is 53.5 Å². The van der Waals surface area contributed by atoms with Gasteiger partial charge in [-0.05, 0) is 59.6 Å². The summed E-state index contributed by atoms with van der Waals surface area (Å²) in [5.74, 6) is -0.912. The van der Waals surface area contributed by atoms with Crippen LogP contribution in [-0.4, -0.2) is 43.9 Å². The fraction of sp³-hybridized carbons (Fsp3) is 0.591.